The maximum absolute atomic E-state index is 5.95. The van der Waals surface area contributed by atoms with E-state index in [1.807, 2.05) is 18.2 Å². The van der Waals surface area contributed by atoms with Crippen molar-refractivity contribution in [3.63, 3.8) is 0 Å². The largest absolute Gasteiger partial charge is 0.495 e. The average molecular weight is 254 g/mol. The molecule has 4 nitrogen and oxygen atoms in total. The van der Waals surface area contributed by atoms with E-state index in [2.05, 4.69) is 16.7 Å². The van der Waals surface area contributed by atoms with Crippen LogP contribution in [-0.4, -0.2) is 32.7 Å². The lowest BCUT2D eigenvalue weighted by atomic mass is 10.2. The summed E-state index contributed by atoms with van der Waals surface area (Å²) in [6.45, 7) is 2.13. The van der Waals surface area contributed by atoms with Crippen molar-refractivity contribution in [1.82, 2.24) is 5.32 Å². The van der Waals surface area contributed by atoms with Gasteiger partial charge in [-0.05, 0) is 17.7 Å². The average Bonchev–Trinajstić information content (AvgIpc) is 2.84. The van der Waals surface area contributed by atoms with Gasteiger partial charge in [-0.3, -0.25) is 0 Å². The molecule has 1 aliphatic rings. The molecule has 5 heteroatoms. The molecular weight excluding hydrogens is 240 g/mol. The Bertz CT molecular complexity index is 409. The van der Waals surface area contributed by atoms with Crippen LogP contribution < -0.4 is 10.1 Å². The quantitative estimate of drug-likeness (QED) is 0.869. The van der Waals surface area contributed by atoms with Gasteiger partial charge in [0, 0.05) is 13.1 Å². The predicted octanol–water partition coefficient (Wildman–Crippen LogP) is 1.74. The normalized spacial score (nSPS) is 18.1. The summed E-state index contributed by atoms with van der Waals surface area (Å²) in [6, 6.07) is 5.90. The molecular formula is C12H14ClN2O2. The first-order valence-electron chi connectivity index (χ1n) is 5.39. The van der Waals surface area contributed by atoms with Gasteiger partial charge in [-0.2, -0.15) is 0 Å². The van der Waals surface area contributed by atoms with Gasteiger partial charge in [0.05, 0.1) is 12.1 Å². The number of methoxy groups -OCH3 is 1. The highest BCUT2D eigenvalue weighted by Gasteiger charge is 2.11. The zero-order chi connectivity index (χ0) is 12.1. The van der Waals surface area contributed by atoms with Crippen molar-refractivity contribution in [3.8, 4) is 5.75 Å². The molecule has 0 spiro atoms. The molecule has 0 fully saturated rings. The van der Waals surface area contributed by atoms with Gasteiger partial charge in [-0.25, -0.2) is 4.99 Å². The lowest BCUT2D eigenvalue weighted by Crippen LogP contribution is -2.26. The molecule has 0 saturated carbocycles. The molecule has 1 N–H and O–H groups in total. The van der Waals surface area contributed by atoms with Crippen molar-refractivity contribution in [2.75, 3.05) is 20.3 Å². The van der Waals surface area contributed by atoms with Crippen LogP contribution in [0.4, 0.5) is 0 Å². The summed E-state index contributed by atoms with van der Waals surface area (Å²) >= 11 is 5.95. The van der Waals surface area contributed by atoms with Crippen molar-refractivity contribution < 1.29 is 9.47 Å². The SMILES string of the molecule is COc1cc(CNCC2CO[C]=N2)ccc1Cl. The highest BCUT2D eigenvalue weighted by Crippen LogP contribution is 2.24. The van der Waals surface area contributed by atoms with Crippen LogP contribution in [0.2, 0.25) is 5.02 Å². The number of hydrogen-bond acceptors (Lipinski definition) is 4. The summed E-state index contributed by atoms with van der Waals surface area (Å²) in [5, 5.41) is 3.93. The van der Waals surface area contributed by atoms with E-state index in [0.29, 0.717) is 17.4 Å². The number of rotatable bonds is 5. The van der Waals surface area contributed by atoms with Crippen LogP contribution in [0.25, 0.3) is 0 Å². The smallest absolute Gasteiger partial charge is 0.273 e. The van der Waals surface area contributed by atoms with E-state index in [-0.39, 0.29) is 6.04 Å². The summed E-state index contributed by atoms with van der Waals surface area (Å²) in [5.74, 6) is 0.696. The summed E-state index contributed by atoms with van der Waals surface area (Å²) < 4.78 is 10.1. The maximum atomic E-state index is 5.95. The van der Waals surface area contributed by atoms with E-state index in [4.69, 9.17) is 21.1 Å². The predicted molar refractivity (Wildman–Crippen MR) is 66.9 cm³/mol. The lowest BCUT2D eigenvalue weighted by molar-refractivity contribution is 0.323. The topological polar surface area (TPSA) is 42.8 Å². The summed E-state index contributed by atoms with van der Waals surface area (Å²) in [6.07, 6.45) is 2.49. The minimum absolute atomic E-state index is 0.171. The Labute approximate surface area is 106 Å². The third-order valence-corrected chi connectivity index (χ3v) is 2.81. The molecule has 2 rings (SSSR count). The van der Waals surface area contributed by atoms with Crippen LogP contribution in [0, 0.1) is 0 Å². The number of ether oxygens (including phenoxy) is 2. The van der Waals surface area contributed by atoms with E-state index in [1.54, 1.807) is 7.11 Å². The number of nitrogens with one attached hydrogen (secondary N) is 1. The van der Waals surface area contributed by atoms with Gasteiger partial charge in [-0.15, -0.1) is 0 Å². The molecule has 0 aliphatic carbocycles. The van der Waals surface area contributed by atoms with Crippen LogP contribution in [0.15, 0.2) is 23.2 Å². The molecule has 1 radical (unpaired) electrons. The molecule has 1 aromatic carbocycles. The highest BCUT2D eigenvalue weighted by molar-refractivity contribution is 6.32. The Morgan fingerprint density at radius 2 is 2.53 bits per heavy atom. The number of halogens is 1. The number of nitrogens with zero attached hydrogens (tertiary/aromatic N) is 1. The van der Waals surface area contributed by atoms with E-state index in [9.17, 15) is 0 Å². The molecule has 17 heavy (non-hydrogen) atoms. The molecule has 0 amide bonds. The highest BCUT2D eigenvalue weighted by atomic mass is 35.5. The van der Waals surface area contributed by atoms with E-state index in [1.165, 1.54) is 0 Å². The molecule has 1 unspecified atom stereocenters. The summed E-state index contributed by atoms with van der Waals surface area (Å²) in [5.41, 5.74) is 1.12. The molecule has 1 heterocycles. The Balaban J connectivity index is 1.83. The van der Waals surface area contributed by atoms with Crippen LogP contribution in [0.3, 0.4) is 0 Å². The minimum Gasteiger partial charge on any atom is -0.495 e. The van der Waals surface area contributed by atoms with Crippen molar-refractivity contribution in [1.29, 1.82) is 0 Å². The van der Waals surface area contributed by atoms with Gasteiger partial charge in [-0.1, -0.05) is 17.7 Å². The zero-order valence-corrected chi connectivity index (χ0v) is 10.3. The molecule has 0 saturated heterocycles. The van der Waals surface area contributed by atoms with Gasteiger partial charge in [0.2, 0.25) is 0 Å². The van der Waals surface area contributed by atoms with E-state index in [0.717, 1.165) is 18.7 Å². The minimum atomic E-state index is 0.171. The fourth-order valence-electron chi connectivity index (χ4n) is 1.58. The maximum Gasteiger partial charge on any atom is 0.273 e. The van der Waals surface area contributed by atoms with Crippen molar-refractivity contribution in [3.05, 3.63) is 28.8 Å². The number of hydrogen-bond donors (Lipinski definition) is 1. The first-order chi connectivity index (χ1) is 8.29. The van der Waals surface area contributed by atoms with Gasteiger partial charge in [0.15, 0.2) is 0 Å². The molecule has 1 aromatic rings. The fourth-order valence-corrected chi connectivity index (χ4v) is 1.78. The zero-order valence-electron chi connectivity index (χ0n) is 9.57. The Hall–Kier alpha value is -1.26. The number of benzene rings is 1. The van der Waals surface area contributed by atoms with Crippen molar-refractivity contribution >= 4 is 18.0 Å². The van der Waals surface area contributed by atoms with E-state index >= 15 is 0 Å². The third-order valence-electron chi connectivity index (χ3n) is 2.50. The number of aliphatic imine (C=N–C) groups is 1. The van der Waals surface area contributed by atoms with E-state index < -0.39 is 0 Å². The Morgan fingerprint density at radius 3 is 3.24 bits per heavy atom. The standard InChI is InChI=1S/C12H14ClN2O2/c1-16-12-4-9(2-3-11(12)13)5-14-6-10-7-17-8-15-10/h2-4,10,14H,5-7H2,1H3. The van der Waals surface area contributed by atoms with Gasteiger partial charge in [0.1, 0.15) is 18.4 Å². The van der Waals surface area contributed by atoms with Gasteiger partial charge >= 0.3 is 0 Å². The first kappa shape index (κ1) is 12.2. The molecule has 1 atom stereocenters. The van der Waals surface area contributed by atoms with Crippen molar-refractivity contribution in [2.45, 2.75) is 12.6 Å². The van der Waals surface area contributed by atoms with Gasteiger partial charge < -0.3 is 14.8 Å². The van der Waals surface area contributed by atoms with Crippen LogP contribution in [0.5, 0.6) is 5.75 Å². The molecule has 0 aromatic heterocycles. The monoisotopic (exact) mass is 253 g/mol. The first-order valence-corrected chi connectivity index (χ1v) is 5.77. The Morgan fingerprint density at radius 1 is 1.65 bits per heavy atom. The van der Waals surface area contributed by atoms with Crippen LogP contribution >= 0.6 is 11.6 Å². The lowest BCUT2D eigenvalue weighted by Gasteiger charge is -2.09. The summed E-state index contributed by atoms with van der Waals surface area (Å²) in [4.78, 5) is 4.03. The molecule has 91 valence electrons. The van der Waals surface area contributed by atoms with Crippen LogP contribution in [-0.2, 0) is 11.3 Å². The second-order valence-electron chi connectivity index (χ2n) is 3.79. The van der Waals surface area contributed by atoms with Crippen LogP contribution in [0.1, 0.15) is 5.56 Å². The fraction of sp³-hybridized carbons (Fsp3) is 0.417. The Kier molecular flexibility index (Phi) is 4.23. The van der Waals surface area contributed by atoms with Gasteiger partial charge in [0.25, 0.3) is 6.40 Å². The third kappa shape index (κ3) is 3.35. The second-order valence-corrected chi connectivity index (χ2v) is 4.19. The summed E-state index contributed by atoms with van der Waals surface area (Å²) in [7, 11) is 1.61. The second kappa shape index (κ2) is 5.89. The molecule has 1 aliphatic heterocycles. The molecule has 0 bridgehead atoms. The van der Waals surface area contributed by atoms with Crippen molar-refractivity contribution in [2.24, 2.45) is 4.99 Å².